The first-order valence-corrected chi connectivity index (χ1v) is 4.40. The highest BCUT2D eigenvalue weighted by Gasteiger charge is 2.28. The number of carboxylic acids is 3. The second-order valence-electron chi connectivity index (χ2n) is 3.11. The van der Waals surface area contributed by atoms with Gasteiger partial charge >= 0.3 is 17.9 Å². The van der Waals surface area contributed by atoms with E-state index >= 15 is 0 Å². The molecule has 6 heteroatoms. The van der Waals surface area contributed by atoms with Gasteiger partial charge in [0, 0.05) is 17.7 Å². The van der Waals surface area contributed by atoms with Gasteiger partial charge in [-0.2, -0.15) is 0 Å². The second-order valence-corrected chi connectivity index (χ2v) is 3.11. The van der Waals surface area contributed by atoms with Crippen LogP contribution in [0.25, 0.3) is 0 Å². The molecule has 0 aromatic carbocycles. The van der Waals surface area contributed by atoms with Crippen molar-refractivity contribution in [2.75, 3.05) is 0 Å². The molecule has 6 nitrogen and oxygen atoms in total. The zero-order valence-electron chi connectivity index (χ0n) is 8.42. The Morgan fingerprint density at radius 2 is 1.38 bits per heavy atom. The molecule has 0 heterocycles. The van der Waals surface area contributed by atoms with Gasteiger partial charge in [0.25, 0.3) is 0 Å². The molecule has 0 spiro atoms. The summed E-state index contributed by atoms with van der Waals surface area (Å²) in [7, 11) is 0. The van der Waals surface area contributed by atoms with E-state index in [0.29, 0.717) is 23.6 Å². The molecule has 88 valence electrons. The van der Waals surface area contributed by atoms with Gasteiger partial charge in [-0.05, 0) is 18.8 Å². The van der Waals surface area contributed by atoms with Crippen LogP contribution in [0.2, 0.25) is 0 Å². The predicted octanol–water partition coefficient (Wildman–Crippen LogP) is 0.749. The zero-order valence-corrected chi connectivity index (χ0v) is 8.42. The van der Waals surface area contributed by atoms with E-state index in [4.69, 9.17) is 15.3 Å². The molecule has 16 heavy (non-hydrogen) atoms. The molecule has 0 unspecified atom stereocenters. The molecule has 0 aromatic rings. The van der Waals surface area contributed by atoms with Crippen LogP contribution in [0.5, 0.6) is 0 Å². The molecular formula is C10H12O6. The SMILES string of the molecule is C=C(C(=O)O)C1CC1.O=C(O)/C=C\C(=O)O. The van der Waals surface area contributed by atoms with Crippen molar-refractivity contribution in [2.24, 2.45) is 5.92 Å². The van der Waals surface area contributed by atoms with Crippen molar-refractivity contribution in [1.82, 2.24) is 0 Å². The molecule has 1 fully saturated rings. The van der Waals surface area contributed by atoms with Crippen LogP contribution in [-0.4, -0.2) is 33.2 Å². The van der Waals surface area contributed by atoms with Gasteiger partial charge < -0.3 is 15.3 Å². The van der Waals surface area contributed by atoms with Gasteiger partial charge in [0.1, 0.15) is 0 Å². The first-order chi connectivity index (χ1) is 7.34. The lowest BCUT2D eigenvalue weighted by molar-refractivity contribution is -0.134. The lowest BCUT2D eigenvalue weighted by Crippen LogP contribution is -1.99. The molecular weight excluding hydrogens is 216 g/mol. The number of carbonyl (C=O) groups is 3. The summed E-state index contributed by atoms with van der Waals surface area (Å²) in [5, 5.41) is 23.9. The minimum atomic E-state index is -1.26. The summed E-state index contributed by atoms with van der Waals surface area (Å²) in [5.74, 6) is -3.06. The van der Waals surface area contributed by atoms with Crippen LogP contribution < -0.4 is 0 Å². The fraction of sp³-hybridized carbons (Fsp3) is 0.300. The van der Waals surface area contributed by atoms with Crippen LogP contribution in [0, 0.1) is 5.92 Å². The van der Waals surface area contributed by atoms with Crippen molar-refractivity contribution in [2.45, 2.75) is 12.8 Å². The summed E-state index contributed by atoms with van der Waals surface area (Å²) in [6, 6.07) is 0. The third-order valence-electron chi connectivity index (χ3n) is 1.71. The second kappa shape index (κ2) is 6.39. The van der Waals surface area contributed by atoms with Gasteiger partial charge in [-0.3, -0.25) is 0 Å². The fourth-order valence-electron chi connectivity index (χ4n) is 0.749. The van der Waals surface area contributed by atoms with Crippen LogP contribution in [0.1, 0.15) is 12.8 Å². The molecule has 0 saturated heterocycles. The predicted molar refractivity (Wildman–Crippen MR) is 53.9 cm³/mol. The smallest absolute Gasteiger partial charge is 0.331 e. The Labute approximate surface area is 91.5 Å². The molecule has 1 rings (SSSR count). The van der Waals surface area contributed by atoms with E-state index < -0.39 is 17.9 Å². The van der Waals surface area contributed by atoms with E-state index in [2.05, 4.69) is 6.58 Å². The van der Waals surface area contributed by atoms with Crippen LogP contribution in [0.15, 0.2) is 24.3 Å². The molecule has 0 aliphatic heterocycles. The molecule has 0 radical (unpaired) electrons. The molecule has 1 aliphatic rings. The maximum absolute atomic E-state index is 10.1. The van der Waals surface area contributed by atoms with E-state index in [-0.39, 0.29) is 0 Å². The quantitative estimate of drug-likeness (QED) is 0.612. The number of hydrogen-bond acceptors (Lipinski definition) is 3. The molecule has 0 aromatic heterocycles. The highest BCUT2D eigenvalue weighted by molar-refractivity contribution is 5.89. The Hall–Kier alpha value is -2.11. The molecule has 3 N–H and O–H groups in total. The topological polar surface area (TPSA) is 112 Å². The van der Waals surface area contributed by atoms with E-state index in [9.17, 15) is 14.4 Å². The van der Waals surface area contributed by atoms with Crippen molar-refractivity contribution in [3.8, 4) is 0 Å². The summed E-state index contributed by atoms with van der Waals surface area (Å²) in [6.07, 6.45) is 3.15. The first-order valence-electron chi connectivity index (χ1n) is 4.40. The van der Waals surface area contributed by atoms with Crippen molar-refractivity contribution < 1.29 is 29.7 Å². The standard InChI is InChI=1S/C6H8O2.C4H4O4/c1-4(6(7)8)5-2-3-5;5-3(6)1-2-4(7)8/h5H,1-3H2,(H,7,8);1-2H,(H,5,6)(H,7,8)/b;2-1-. The molecule has 0 bridgehead atoms. The van der Waals surface area contributed by atoms with Gasteiger partial charge in [-0.1, -0.05) is 6.58 Å². The third kappa shape index (κ3) is 7.31. The van der Waals surface area contributed by atoms with E-state index in [1.807, 2.05) is 0 Å². The highest BCUT2D eigenvalue weighted by atomic mass is 16.4. The lowest BCUT2D eigenvalue weighted by Gasteiger charge is -1.90. The number of rotatable bonds is 4. The van der Waals surface area contributed by atoms with Gasteiger partial charge in [0.2, 0.25) is 0 Å². The van der Waals surface area contributed by atoms with Crippen LogP contribution in [0.4, 0.5) is 0 Å². The monoisotopic (exact) mass is 228 g/mol. The van der Waals surface area contributed by atoms with Crippen molar-refractivity contribution in [3.63, 3.8) is 0 Å². The molecule has 0 amide bonds. The maximum atomic E-state index is 10.1. The summed E-state index contributed by atoms with van der Waals surface area (Å²) in [4.78, 5) is 29.2. The summed E-state index contributed by atoms with van der Waals surface area (Å²) in [6.45, 7) is 3.42. The van der Waals surface area contributed by atoms with Gasteiger partial charge in [0.05, 0.1) is 0 Å². The molecule has 1 saturated carbocycles. The summed E-state index contributed by atoms with van der Waals surface area (Å²) >= 11 is 0. The van der Waals surface area contributed by atoms with Crippen LogP contribution in [-0.2, 0) is 14.4 Å². The van der Waals surface area contributed by atoms with Gasteiger partial charge in [-0.15, -0.1) is 0 Å². The van der Waals surface area contributed by atoms with Gasteiger partial charge in [0.15, 0.2) is 0 Å². The minimum Gasteiger partial charge on any atom is -0.478 e. The van der Waals surface area contributed by atoms with Gasteiger partial charge in [-0.25, -0.2) is 14.4 Å². The fourth-order valence-corrected chi connectivity index (χ4v) is 0.749. The Morgan fingerprint density at radius 3 is 1.50 bits per heavy atom. The lowest BCUT2D eigenvalue weighted by atomic mass is 10.2. The molecule has 1 aliphatic carbocycles. The number of hydrogen-bond donors (Lipinski definition) is 3. The van der Waals surface area contributed by atoms with Crippen LogP contribution >= 0.6 is 0 Å². The highest BCUT2D eigenvalue weighted by Crippen LogP contribution is 2.35. The Balaban J connectivity index is 0.000000281. The maximum Gasteiger partial charge on any atom is 0.331 e. The normalized spacial score (nSPS) is 13.8. The Kier molecular flexibility index (Phi) is 5.55. The van der Waals surface area contributed by atoms with E-state index in [1.54, 1.807) is 0 Å². The zero-order chi connectivity index (χ0) is 12.7. The average Bonchev–Trinajstić information content (AvgIpc) is 2.97. The first kappa shape index (κ1) is 13.9. The third-order valence-corrected chi connectivity index (χ3v) is 1.71. The Bertz CT molecular complexity index is 321. The van der Waals surface area contributed by atoms with Crippen molar-refractivity contribution in [1.29, 1.82) is 0 Å². The average molecular weight is 228 g/mol. The van der Waals surface area contributed by atoms with E-state index in [1.165, 1.54) is 0 Å². The molecule has 0 atom stereocenters. The summed E-state index contributed by atoms with van der Waals surface area (Å²) < 4.78 is 0. The minimum absolute atomic E-state index is 0.299. The number of aliphatic carboxylic acids is 3. The summed E-state index contributed by atoms with van der Waals surface area (Å²) in [5.41, 5.74) is 0.380. The Morgan fingerprint density at radius 1 is 1.00 bits per heavy atom. The van der Waals surface area contributed by atoms with Crippen molar-refractivity contribution >= 4 is 17.9 Å². The largest absolute Gasteiger partial charge is 0.478 e. The van der Waals surface area contributed by atoms with Crippen LogP contribution in [0.3, 0.4) is 0 Å². The number of carboxylic acid groups (broad SMARTS) is 3. The van der Waals surface area contributed by atoms with E-state index in [0.717, 1.165) is 12.8 Å². The van der Waals surface area contributed by atoms with Crippen molar-refractivity contribution in [3.05, 3.63) is 24.3 Å².